The van der Waals surface area contributed by atoms with Crippen molar-refractivity contribution in [3.8, 4) is 0 Å². The van der Waals surface area contributed by atoms with Gasteiger partial charge in [-0.15, -0.1) is 0 Å². The van der Waals surface area contributed by atoms with Gasteiger partial charge in [0.05, 0.1) is 25.4 Å². The Morgan fingerprint density at radius 3 is 2.29 bits per heavy atom. The Labute approximate surface area is 205 Å². The van der Waals surface area contributed by atoms with Gasteiger partial charge in [0, 0.05) is 5.56 Å². The summed E-state index contributed by atoms with van der Waals surface area (Å²) < 4.78 is 24.8. The van der Waals surface area contributed by atoms with E-state index < -0.39 is 20.7 Å². The largest absolute Gasteiger partial charge is 0.411 e. The predicted octanol–water partition coefficient (Wildman–Crippen LogP) is 6.01. The SMILES string of the molecule is C[C@H](O[Si](C)(C)C(C)(C)C)[C@@H](O)/C=C/[C@@H]1OC(c2ccccc2)OC[C@@H]1OCc1ccccc1. The van der Waals surface area contributed by atoms with Crippen LogP contribution in [0.1, 0.15) is 45.1 Å². The summed E-state index contributed by atoms with van der Waals surface area (Å²) in [6, 6.07) is 19.9. The minimum absolute atomic E-state index is 0.0772. The molecule has 6 heteroatoms. The van der Waals surface area contributed by atoms with Crippen molar-refractivity contribution in [3.05, 3.63) is 83.9 Å². The average molecular weight is 485 g/mol. The Balaban J connectivity index is 1.69. The van der Waals surface area contributed by atoms with E-state index in [9.17, 15) is 5.11 Å². The third kappa shape index (κ3) is 7.35. The molecule has 3 rings (SSSR count). The van der Waals surface area contributed by atoms with Gasteiger partial charge in [0.15, 0.2) is 14.6 Å². The van der Waals surface area contributed by atoms with E-state index in [4.69, 9.17) is 18.6 Å². The van der Waals surface area contributed by atoms with Crippen molar-refractivity contribution in [3.63, 3.8) is 0 Å². The van der Waals surface area contributed by atoms with Crippen LogP contribution in [0.3, 0.4) is 0 Å². The zero-order valence-electron chi connectivity index (χ0n) is 21.3. The summed E-state index contributed by atoms with van der Waals surface area (Å²) in [6.45, 7) is 13.8. The minimum Gasteiger partial charge on any atom is -0.411 e. The van der Waals surface area contributed by atoms with E-state index in [1.54, 1.807) is 6.08 Å². The van der Waals surface area contributed by atoms with Crippen LogP contribution in [0.15, 0.2) is 72.8 Å². The van der Waals surface area contributed by atoms with Gasteiger partial charge in [-0.05, 0) is 30.6 Å². The van der Waals surface area contributed by atoms with Crippen molar-refractivity contribution in [2.75, 3.05) is 6.61 Å². The van der Waals surface area contributed by atoms with Gasteiger partial charge in [0.1, 0.15) is 12.2 Å². The molecule has 5 nitrogen and oxygen atoms in total. The number of hydrogen-bond acceptors (Lipinski definition) is 5. The second-order valence-corrected chi connectivity index (χ2v) is 15.2. The third-order valence-electron chi connectivity index (χ3n) is 6.70. The molecule has 2 aromatic carbocycles. The normalized spacial score (nSPS) is 23.7. The average Bonchev–Trinajstić information content (AvgIpc) is 2.81. The van der Waals surface area contributed by atoms with Crippen LogP contribution in [0.2, 0.25) is 18.1 Å². The van der Waals surface area contributed by atoms with Crippen LogP contribution < -0.4 is 0 Å². The lowest BCUT2D eigenvalue weighted by Crippen LogP contribution is -2.46. The zero-order chi connectivity index (χ0) is 24.8. The van der Waals surface area contributed by atoms with E-state index in [0.717, 1.165) is 11.1 Å². The molecule has 1 saturated heterocycles. The van der Waals surface area contributed by atoms with Crippen LogP contribution in [0.5, 0.6) is 0 Å². The first-order chi connectivity index (χ1) is 16.1. The van der Waals surface area contributed by atoms with E-state index >= 15 is 0 Å². The highest BCUT2D eigenvalue weighted by atomic mass is 28.4. The summed E-state index contributed by atoms with van der Waals surface area (Å²) in [4.78, 5) is 0. The lowest BCUT2D eigenvalue weighted by molar-refractivity contribution is -0.255. The topological polar surface area (TPSA) is 57.2 Å². The molecular weight excluding hydrogens is 444 g/mol. The fourth-order valence-electron chi connectivity index (χ4n) is 3.51. The summed E-state index contributed by atoms with van der Waals surface area (Å²) in [6.07, 6.45) is 1.47. The maximum Gasteiger partial charge on any atom is 0.192 e. The molecule has 1 unspecified atom stereocenters. The lowest BCUT2D eigenvalue weighted by atomic mass is 10.1. The summed E-state index contributed by atoms with van der Waals surface area (Å²) in [5.74, 6) is 0. The molecule has 5 atom stereocenters. The molecule has 1 fully saturated rings. The van der Waals surface area contributed by atoms with Crippen LogP contribution in [0, 0.1) is 0 Å². The highest BCUT2D eigenvalue weighted by Crippen LogP contribution is 2.37. The summed E-state index contributed by atoms with van der Waals surface area (Å²) >= 11 is 0. The van der Waals surface area contributed by atoms with Gasteiger partial charge < -0.3 is 23.7 Å². The van der Waals surface area contributed by atoms with E-state index in [0.29, 0.717) is 13.2 Å². The first-order valence-corrected chi connectivity index (χ1v) is 15.0. The lowest BCUT2D eigenvalue weighted by Gasteiger charge is -2.39. The predicted molar refractivity (Wildman–Crippen MR) is 138 cm³/mol. The molecule has 0 radical (unpaired) electrons. The highest BCUT2D eigenvalue weighted by Gasteiger charge is 2.39. The Morgan fingerprint density at radius 1 is 1.06 bits per heavy atom. The Bertz CT molecular complexity index is 894. The van der Waals surface area contributed by atoms with Gasteiger partial charge in [-0.1, -0.05) is 93.6 Å². The van der Waals surface area contributed by atoms with Crippen molar-refractivity contribution in [1.29, 1.82) is 0 Å². The van der Waals surface area contributed by atoms with Gasteiger partial charge in [-0.2, -0.15) is 0 Å². The number of benzene rings is 2. The maximum atomic E-state index is 10.8. The molecule has 34 heavy (non-hydrogen) atoms. The summed E-state index contributed by atoms with van der Waals surface area (Å²) in [5, 5.41) is 10.9. The van der Waals surface area contributed by atoms with E-state index in [-0.39, 0.29) is 23.4 Å². The summed E-state index contributed by atoms with van der Waals surface area (Å²) in [5.41, 5.74) is 2.05. The van der Waals surface area contributed by atoms with Gasteiger partial charge in [0.25, 0.3) is 0 Å². The number of hydrogen-bond donors (Lipinski definition) is 1. The quantitative estimate of drug-likeness (QED) is 0.349. The van der Waals surface area contributed by atoms with Crippen molar-refractivity contribution >= 4 is 8.32 Å². The monoisotopic (exact) mass is 484 g/mol. The molecule has 186 valence electrons. The fourth-order valence-corrected chi connectivity index (χ4v) is 4.93. The molecule has 0 amide bonds. The molecule has 0 bridgehead atoms. The second-order valence-electron chi connectivity index (χ2n) is 10.5. The Morgan fingerprint density at radius 2 is 1.68 bits per heavy atom. The van der Waals surface area contributed by atoms with Gasteiger partial charge in [0.2, 0.25) is 0 Å². The molecule has 0 spiro atoms. The second kappa shape index (κ2) is 11.8. The number of ether oxygens (including phenoxy) is 3. The van der Waals surface area contributed by atoms with E-state index in [1.165, 1.54) is 0 Å². The smallest absolute Gasteiger partial charge is 0.192 e. The van der Waals surface area contributed by atoms with E-state index in [2.05, 4.69) is 33.9 Å². The Kier molecular flexibility index (Phi) is 9.26. The molecule has 1 heterocycles. The number of aliphatic hydroxyl groups excluding tert-OH is 1. The molecule has 1 aliphatic rings. The van der Waals surface area contributed by atoms with Crippen LogP contribution in [-0.4, -0.2) is 44.4 Å². The highest BCUT2D eigenvalue weighted by molar-refractivity contribution is 6.74. The molecular formula is C28H40O5Si. The van der Waals surface area contributed by atoms with Gasteiger partial charge in [-0.25, -0.2) is 0 Å². The van der Waals surface area contributed by atoms with Crippen LogP contribution in [0.25, 0.3) is 0 Å². The van der Waals surface area contributed by atoms with Gasteiger partial charge >= 0.3 is 0 Å². The Hall–Kier alpha value is -1.80. The third-order valence-corrected chi connectivity index (χ3v) is 11.3. The van der Waals surface area contributed by atoms with Crippen molar-refractivity contribution < 1.29 is 23.7 Å². The number of rotatable bonds is 9. The molecule has 0 aliphatic carbocycles. The van der Waals surface area contributed by atoms with Crippen molar-refractivity contribution in [2.45, 2.75) is 83.1 Å². The molecule has 0 aromatic heterocycles. The van der Waals surface area contributed by atoms with Crippen molar-refractivity contribution in [1.82, 2.24) is 0 Å². The molecule has 1 N–H and O–H groups in total. The zero-order valence-corrected chi connectivity index (χ0v) is 22.3. The molecule has 1 aliphatic heterocycles. The fraction of sp³-hybridized carbons (Fsp3) is 0.500. The standard InChI is InChI=1S/C28H40O5Si/c1-21(33-34(5,6)28(2,3)4)24(29)17-18-25-26(30-19-22-13-9-7-10-14-22)20-31-27(32-25)23-15-11-8-12-16-23/h7-18,21,24-27,29H,19-20H2,1-6H3/b18-17+/t21-,24-,25-,26-,27?/m0/s1. The first-order valence-electron chi connectivity index (χ1n) is 12.1. The maximum absolute atomic E-state index is 10.8. The van der Waals surface area contributed by atoms with Crippen molar-refractivity contribution in [2.24, 2.45) is 0 Å². The van der Waals surface area contributed by atoms with Crippen LogP contribution in [-0.2, 0) is 25.2 Å². The number of aliphatic hydroxyl groups is 1. The first kappa shape index (κ1) is 26.8. The van der Waals surface area contributed by atoms with E-state index in [1.807, 2.05) is 73.7 Å². The van der Waals surface area contributed by atoms with Crippen LogP contribution in [0.4, 0.5) is 0 Å². The minimum atomic E-state index is -1.99. The summed E-state index contributed by atoms with van der Waals surface area (Å²) in [7, 11) is -1.99. The molecule has 0 saturated carbocycles. The van der Waals surface area contributed by atoms with Crippen LogP contribution >= 0.6 is 0 Å². The molecule has 2 aromatic rings. The van der Waals surface area contributed by atoms with Gasteiger partial charge in [-0.3, -0.25) is 0 Å².